The molecule has 0 aliphatic rings. The molecule has 0 fully saturated rings. The van der Waals surface area contributed by atoms with Crippen LogP contribution >= 0.6 is 11.6 Å². The molecule has 21 heavy (non-hydrogen) atoms. The molecule has 1 aromatic carbocycles. The lowest BCUT2D eigenvalue weighted by Crippen LogP contribution is -2.03. The minimum absolute atomic E-state index is 0.385. The largest absolute Gasteiger partial charge is 0.493 e. The van der Waals surface area contributed by atoms with Crippen LogP contribution in [0.2, 0.25) is 0 Å². The van der Waals surface area contributed by atoms with Gasteiger partial charge in [0.05, 0.1) is 18.8 Å². The van der Waals surface area contributed by atoms with Crippen LogP contribution in [0.15, 0.2) is 36.9 Å². The minimum atomic E-state index is -0.519. The second kappa shape index (κ2) is 10.00. The Balaban J connectivity index is 2.13. The van der Waals surface area contributed by atoms with Gasteiger partial charge in [0.1, 0.15) is 5.75 Å². The summed E-state index contributed by atoms with van der Waals surface area (Å²) >= 11 is 5.48. The van der Waals surface area contributed by atoms with Gasteiger partial charge >= 0.3 is 5.97 Å². The van der Waals surface area contributed by atoms with E-state index in [0.717, 1.165) is 31.8 Å². The summed E-state index contributed by atoms with van der Waals surface area (Å²) in [6.07, 6.45) is 4.74. The van der Waals surface area contributed by atoms with E-state index in [1.54, 1.807) is 24.3 Å². The first-order valence-corrected chi connectivity index (χ1v) is 7.24. The average molecular weight is 311 g/mol. The molecule has 0 aliphatic heterocycles. The van der Waals surface area contributed by atoms with E-state index >= 15 is 0 Å². The van der Waals surface area contributed by atoms with Gasteiger partial charge in [0.15, 0.2) is 0 Å². The van der Waals surface area contributed by atoms with Crippen LogP contribution in [0.1, 0.15) is 36.0 Å². The van der Waals surface area contributed by atoms with Crippen LogP contribution in [0.3, 0.4) is 0 Å². The number of ether oxygens (including phenoxy) is 2. The highest BCUT2D eigenvalue weighted by Gasteiger charge is 2.08. The Bertz CT molecular complexity index is 485. The molecular formula is C16H19ClO4. The Labute approximate surface area is 129 Å². The zero-order valence-corrected chi connectivity index (χ0v) is 12.6. The molecule has 0 amide bonds. The fourth-order valence-corrected chi connectivity index (χ4v) is 1.88. The third-order valence-corrected chi connectivity index (χ3v) is 3.01. The van der Waals surface area contributed by atoms with Gasteiger partial charge in [-0.1, -0.05) is 18.7 Å². The molecule has 0 saturated carbocycles. The normalized spacial score (nSPS) is 9.95. The third kappa shape index (κ3) is 6.95. The van der Waals surface area contributed by atoms with E-state index in [-0.39, 0.29) is 5.97 Å². The van der Waals surface area contributed by atoms with E-state index in [1.807, 2.05) is 0 Å². The topological polar surface area (TPSA) is 52.6 Å². The number of rotatable bonds is 10. The van der Waals surface area contributed by atoms with Crippen molar-refractivity contribution in [3.8, 4) is 5.75 Å². The van der Waals surface area contributed by atoms with Crippen LogP contribution < -0.4 is 4.74 Å². The van der Waals surface area contributed by atoms with E-state index in [9.17, 15) is 9.59 Å². The maximum absolute atomic E-state index is 11.2. The molecule has 0 aliphatic carbocycles. The number of carbonyl (C=O) groups excluding carboxylic acids is 2. The van der Waals surface area contributed by atoms with Crippen molar-refractivity contribution in [2.45, 2.75) is 25.7 Å². The van der Waals surface area contributed by atoms with Crippen molar-refractivity contribution in [1.82, 2.24) is 0 Å². The van der Waals surface area contributed by atoms with Gasteiger partial charge in [0.25, 0.3) is 5.24 Å². The molecule has 1 aromatic rings. The molecule has 0 atom stereocenters. The fraction of sp³-hybridized carbons (Fsp3) is 0.375. The lowest BCUT2D eigenvalue weighted by molar-refractivity contribution is -0.137. The lowest BCUT2D eigenvalue weighted by atomic mass is 10.2. The number of halogens is 1. The molecule has 0 spiro atoms. The van der Waals surface area contributed by atoms with Crippen molar-refractivity contribution in [2.24, 2.45) is 0 Å². The molecule has 0 heterocycles. The molecule has 114 valence electrons. The summed E-state index contributed by atoms with van der Waals surface area (Å²) in [6.45, 7) is 4.26. The van der Waals surface area contributed by atoms with E-state index in [0.29, 0.717) is 24.5 Å². The third-order valence-electron chi connectivity index (χ3n) is 2.81. The van der Waals surface area contributed by atoms with Gasteiger partial charge in [-0.3, -0.25) is 4.79 Å². The Hall–Kier alpha value is -1.81. The molecule has 1 rings (SSSR count). The van der Waals surface area contributed by atoms with Gasteiger partial charge in [-0.15, -0.1) is 0 Å². The molecule has 0 unspecified atom stereocenters. The van der Waals surface area contributed by atoms with Gasteiger partial charge in [-0.05, 0) is 49.4 Å². The Morgan fingerprint density at radius 2 is 1.76 bits per heavy atom. The number of esters is 1. The molecule has 0 bridgehead atoms. The zero-order valence-electron chi connectivity index (χ0n) is 11.8. The van der Waals surface area contributed by atoms with Crippen molar-refractivity contribution in [3.63, 3.8) is 0 Å². The highest BCUT2D eigenvalue weighted by molar-refractivity contribution is 6.68. The summed E-state index contributed by atoms with van der Waals surface area (Å²) in [5, 5.41) is -0.519. The van der Waals surface area contributed by atoms with Gasteiger partial charge in [0, 0.05) is 6.08 Å². The van der Waals surface area contributed by atoms with E-state index < -0.39 is 5.24 Å². The quantitative estimate of drug-likeness (QED) is 0.286. The second-order valence-electron chi connectivity index (χ2n) is 4.40. The van der Waals surface area contributed by atoms with Gasteiger partial charge in [0.2, 0.25) is 0 Å². The molecule has 0 aromatic heterocycles. The fourth-order valence-electron chi connectivity index (χ4n) is 1.73. The van der Waals surface area contributed by atoms with Crippen molar-refractivity contribution in [3.05, 3.63) is 42.5 Å². The average Bonchev–Trinajstić information content (AvgIpc) is 2.49. The lowest BCUT2D eigenvalue weighted by Gasteiger charge is -2.08. The van der Waals surface area contributed by atoms with Gasteiger partial charge < -0.3 is 9.47 Å². The SMILES string of the molecule is C=CC(=O)OCCCCCCOc1ccccc1C(=O)Cl. The number of hydrogen-bond donors (Lipinski definition) is 0. The molecule has 5 heteroatoms. The smallest absolute Gasteiger partial charge is 0.330 e. The van der Waals surface area contributed by atoms with Gasteiger partial charge in [-0.2, -0.15) is 0 Å². The van der Waals surface area contributed by atoms with E-state index in [1.165, 1.54) is 0 Å². The molecule has 0 saturated heterocycles. The highest BCUT2D eigenvalue weighted by Crippen LogP contribution is 2.20. The first kappa shape index (κ1) is 17.2. The van der Waals surface area contributed by atoms with Crippen molar-refractivity contribution in [2.75, 3.05) is 13.2 Å². The first-order chi connectivity index (χ1) is 10.1. The Morgan fingerprint density at radius 1 is 1.10 bits per heavy atom. The molecule has 0 N–H and O–H groups in total. The summed E-state index contributed by atoms with van der Waals surface area (Å²) in [7, 11) is 0. The maximum Gasteiger partial charge on any atom is 0.330 e. The van der Waals surface area contributed by atoms with Gasteiger partial charge in [-0.25, -0.2) is 4.79 Å². The summed E-state index contributed by atoms with van der Waals surface area (Å²) in [6, 6.07) is 6.91. The zero-order chi connectivity index (χ0) is 15.5. The molecule has 0 radical (unpaired) electrons. The summed E-state index contributed by atoms with van der Waals surface area (Å²) in [4.78, 5) is 22.0. The molecule has 4 nitrogen and oxygen atoms in total. The highest BCUT2D eigenvalue weighted by atomic mass is 35.5. The molecular weight excluding hydrogens is 292 g/mol. The van der Waals surface area contributed by atoms with Crippen LogP contribution in [-0.4, -0.2) is 24.4 Å². The number of unbranched alkanes of at least 4 members (excludes halogenated alkanes) is 3. The maximum atomic E-state index is 11.2. The first-order valence-electron chi connectivity index (χ1n) is 6.86. The number of para-hydroxylation sites is 1. The summed E-state index contributed by atoms with van der Waals surface area (Å²) in [5.41, 5.74) is 0.385. The van der Waals surface area contributed by atoms with Crippen LogP contribution in [0, 0.1) is 0 Å². The Kier molecular flexibility index (Phi) is 8.21. The van der Waals surface area contributed by atoms with Crippen LogP contribution in [0.5, 0.6) is 5.75 Å². The minimum Gasteiger partial charge on any atom is -0.493 e. The summed E-state index contributed by atoms with van der Waals surface area (Å²) < 4.78 is 10.4. The standard InChI is InChI=1S/C16H19ClO4/c1-2-15(18)21-12-8-4-3-7-11-20-14-10-6-5-9-13(14)16(17)19/h2,5-6,9-10H,1,3-4,7-8,11-12H2. The van der Waals surface area contributed by atoms with E-state index in [2.05, 4.69) is 6.58 Å². The Morgan fingerprint density at radius 3 is 2.43 bits per heavy atom. The van der Waals surface area contributed by atoms with E-state index in [4.69, 9.17) is 21.1 Å². The number of hydrogen-bond acceptors (Lipinski definition) is 4. The van der Waals surface area contributed by atoms with Crippen molar-refractivity contribution in [1.29, 1.82) is 0 Å². The van der Waals surface area contributed by atoms with Crippen LogP contribution in [-0.2, 0) is 9.53 Å². The predicted molar refractivity (Wildman–Crippen MR) is 81.7 cm³/mol. The second-order valence-corrected chi connectivity index (χ2v) is 4.75. The predicted octanol–water partition coefficient (Wildman–Crippen LogP) is 3.73. The number of carbonyl (C=O) groups is 2. The van der Waals surface area contributed by atoms with Crippen molar-refractivity contribution < 1.29 is 19.1 Å². The van der Waals surface area contributed by atoms with Crippen molar-refractivity contribution >= 4 is 22.8 Å². The summed E-state index contributed by atoms with van der Waals surface area (Å²) in [5.74, 6) is 0.123. The van der Waals surface area contributed by atoms with Crippen LogP contribution in [0.4, 0.5) is 0 Å². The number of benzene rings is 1. The van der Waals surface area contributed by atoms with Crippen LogP contribution in [0.25, 0.3) is 0 Å². The monoisotopic (exact) mass is 310 g/mol.